The second-order valence-corrected chi connectivity index (χ2v) is 4.09. The Kier molecular flexibility index (Phi) is 2.00. The summed E-state index contributed by atoms with van der Waals surface area (Å²) in [5.74, 6) is -0.273. The number of hydrogen-bond donors (Lipinski definition) is 0. The van der Waals surface area contributed by atoms with Gasteiger partial charge >= 0.3 is 5.97 Å². The zero-order valence-corrected chi connectivity index (χ0v) is 8.85. The Morgan fingerprint density at radius 3 is 3.00 bits per heavy atom. The highest BCUT2D eigenvalue weighted by atomic mass is 127. The van der Waals surface area contributed by atoms with E-state index in [0.29, 0.717) is 17.2 Å². The molecule has 1 aliphatic rings. The fourth-order valence-electron chi connectivity index (χ4n) is 1.15. The Morgan fingerprint density at radius 2 is 2.25 bits per heavy atom. The molecule has 12 heavy (non-hydrogen) atoms. The number of carbonyl (C=O) groups is 1. The predicted molar refractivity (Wildman–Crippen MR) is 53.3 cm³/mol. The molecule has 62 valence electrons. The van der Waals surface area contributed by atoms with Crippen molar-refractivity contribution in [3.63, 3.8) is 0 Å². The van der Waals surface area contributed by atoms with Crippen LogP contribution in [-0.4, -0.2) is 5.97 Å². The van der Waals surface area contributed by atoms with Gasteiger partial charge in [0.25, 0.3) is 0 Å². The van der Waals surface area contributed by atoms with Gasteiger partial charge in [0, 0.05) is 14.2 Å². The second kappa shape index (κ2) is 2.88. The summed E-state index contributed by atoms with van der Waals surface area (Å²) < 4.78 is 5.84. The molecule has 0 amide bonds. The largest absolute Gasteiger partial charge is 0.457 e. The SMILES string of the molecule is O=C1OCc2c(I)cc(Cl)cc21. The van der Waals surface area contributed by atoms with E-state index < -0.39 is 0 Å². The normalized spacial score (nSPS) is 14.3. The van der Waals surface area contributed by atoms with E-state index in [4.69, 9.17) is 16.3 Å². The minimum atomic E-state index is -0.273. The van der Waals surface area contributed by atoms with Crippen molar-refractivity contribution in [1.29, 1.82) is 0 Å². The number of esters is 1. The zero-order chi connectivity index (χ0) is 8.72. The Hall–Kier alpha value is -0.290. The van der Waals surface area contributed by atoms with Crippen molar-refractivity contribution in [2.45, 2.75) is 6.61 Å². The first-order valence-corrected chi connectivity index (χ1v) is 4.79. The van der Waals surface area contributed by atoms with E-state index in [1.807, 2.05) is 6.07 Å². The number of carbonyl (C=O) groups excluding carboxylic acids is 1. The Morgan fingerprint density at radius 1 is 1.50 bits per heavy atom. The van der Waals surface area contributed by atoms with Crippen LogP contribution in [0.25, 0.3) is 0 Å². The topological polar surface area (TPSA) is 26.3 Å². The average molecular weight is 294 g/mol. The Labute approximate surface area is 88.0 Å². The van der Waals surface area contributed by atoms with Crippen LogP contribution in [0, 0.1) is 3.57 Å². The lowest BCUT2D eigenvalue weighted by atomic mass is 10.1. The van der Waals surface area contributed by atoms with Gasteiger partial charge < -0.3 is 4.74 Å². The summed E-state index contributed by atoms with van der Waals surface area (Å²) in [6.45, 7) is 0.379. The molecule has 1 aliphatic heterocycles. The van der Waals surface area contributed by atoms with E-state index in [9.17, 15) is 4.79 Å². The summed E-state index contributed by atoms with van der Waals surface area (Å²) in [6, 6.07) is 3.47. The number of fused-ring (bicyclic) bond motifs is 1. The molecular formula is C8H4ClIO2. The van der Waals surface area contributed by atoms with E-state index in [2.05, 4.69) is 22.6 Å². The van der Waals surface area contributed by atoms with Crippen LogP contribution in [-0.2, 0) is 11.3 Å². The fourth-order valence-corrected chi connectivity index (χ4v) is 2.33. The van der Waals surface area contributed by atoms with Gasteiger partial charge in [-0.15, -0.1) is 0 Å². The maximum Gasteiger partial charge on any atom is 0.338 e. The number of cyclic esters (lactones) is 1. The van der Waals surface area contributed by atoms with Crippen molar-refractivity contribution in [3.8, 4) is 0 Å². The minimum Gasteiger partial charge on any atom is -0.457 e. The molecule has 1 heterocycles. The third-order valence-electron chi connectivity index (χ3n) is 1.73. The summed E-state index contributed by atoms with van der Waals surface area (Å²) in [4.78, 5) is 11.1. The van der Waals surface area contributed by atoms with Crippen LogP contribution < -0.4 is 0 Å². The molecule has 0 bridgehead atoms. The molecule has 0 radical (unpaired) electrons. The third kappa shape index (κ3) is 1.21. The first-order valence-electron chi connectivity index (χ1n) is 3.33. The van der Waals surface area contributed by atoms with Crippen LogP contribution in [0.2, 0.25) is 5.02 Å². The molecule has 0 N–H and O–H groups in total. The van der Waals surface area contributed by atoms with E-state index in [1.165, 1.54) is 0 Å². The van der Waals surface area contributed by atoms with Crippen LogP contribution in [0.4, 0.5) is 0 Å². The molecule has 0 atom stereocenters. The van der Waals surface area contributed by atoms with Crippen LogP contribution in [0.1, 0.15) is 15.9 Å². The lowest BCUT2D eigenvalue weighted by molar-refractivity contribution is 0.0535. The smallest absolute Gasteiger partial charge is 0.338 e. The molecule has 2 nitrogen and oxygen atoms in total. The van der Waals surface area contributed by atoms with Crippen LogP contribution >= 0.6 is 34.2 Å². The molecule has 2 rings (SSSR count). The monoisotopic (exact) mass is 294 g/mol. The minimum absolute atomic E-state index is 0.273. The van der Waals surface area contributed by atoms with Gasteiger partial charge in [-0.25, -0.2) is 4.79 Å². The number of benzene rings is 1. The third-order valence-corrected chi connectivity index (χ3v) is 2.91. The van der Waals surface area contributed by atoms with E-state index in [-0.39, 0.29) is 5.97 Å². The molecule has 4 heteroatoms. The van der Waals surface area contributed by atoms with E-state index >= 15 is 0 Å². The molecule has 0 aromatic heterocycles. The zero-order valence-electron chi connectivity index (χ0n) is 5.93. The van der Waals surface area contributed by atoms with Crippen molar-refractivity contribution in [1.82, 2.24) is 0 Å². The van der Waals surface area contributed by atoms with E-state index in [0.717, 1.165) is 9.13 Å². The molecule has 1 aromatic rings. The molecule has 0 spiro atoms. The summed E-state index contributed by atoms with van der Waals surface area (Å²) in [6.07, 6.45) is 0. The number of halogens is 2. The molecule has 0 saturated carbocycles. The quantitative estimate of drug-likeness (QED) is 0.543. The molecule has 0 aliphatic carbocycles. The summed E-state index contributed by atoms with van der Waals surface area (Å²) in [5.41, 5.74) is 1.55. The molecule has 0 unspecified atom stereocenters. The van der Waals surface area contributed by atoms with Gasteiger partial charge in [0.05, 0.1) is 5.56 Å². The first kappa shape index (κ1) is 8.31. The number of rotatable bonds is 0. The van der Waals surface area contributed by atoms with Crippen molar-refractivity contribution < 1.29 is 9.53 Å². The highest BCUT2D eigenvalue weighted by Crippen LogP contribution is 2.28. The maximum atomic E-state index is 11.1. The van der Waals surface area contributed by atoms with Gasteiger partial charge in [-0.05, 0) is 34.7 Å². The van der Waals surface area contributed by atoms with Gasteiger partial charge in [0.15, 0.2) is 0 Å². The van der Waals surface area contributed by atoms with Crippen LogP contribution in [0.15, 0.2) is 12.1 Å². The van der Waals surface area contributed by atoms with Crippen molar-refractivity contribution in [2.24, 2.45) is 0 Å². The number of ether oxygens (including phenoxy) is 1. The van der Waals surface area contributed by atoms with Crippen molar-refractivity contribution in [3.05, 3.63) is 31.9 Å². The highest BCUT2D eigenvalue weighted by molar-refractivity contribution is 14.1. The molecular weight excluding hydrogens is 290 g/mol. The Balaban J connectivity index is 2.68. The van der Waals surface area contributed by atoms with Gasteiger partial charge in [0.2, 0.25) is 0 Å². The lowest BCUT2D eigenvalue weighted by Crippen LogP contribution is -1.93. The standard InChI is InChI=1S/C8H4ClIO2/c9-4-1-5-6(7(10)2-4)3-12-8(5)11/h1-2H,3H2. The van der Waals surface area contributed by atoms with Gasteiger partial charge in [-0.3, -0.25) is 0 Å². The average Bonchev–Trinajstić information content (AvgIpc) is 2.33. The Bertz CT molecular complexity index is 362. The fraction of sp³-hybridized carbons (Fsp3) is 0.125. The highest BCUT2D eigenvalue weighted by Gasteiger charge is 2.23. The first-order chi connectivity index (χ1) is 5.68. The summed E-state index contributed by atoms with van der Waals surface area (Å²) >= 11 is 7.93. The predicted octanol–water partition coefficient (Wildman–Crippen LogP) is 2.62. The molecule has 0 saturated heterocycles. The van der Waals surface area contributed by atoms with Gasteiger partial charge in [-0.1, -0.05) is 11.6 Å². The van der Waals surface area contributed by atoms with Gasteiger partial charge in [-0.2, -0.15) is 0 Å². The van der Waals surface area contributed by atoms with Crippen molar-refractivity contribution in [2.75, 3.05) is 0 Å². The van der Waals surface area contributed by atoms with Crippen LogP contribution in [0.5, 0.6) is 0 Å². The summed E-state index contributed by atoms with van der Waals surface area (Å²) in [7, 11) is 0. The van der Waals surface area contributed by atoms with E-state index in [1.54, 1.807) is 6.07 Å². The molecule has 1 aromatic carbocycles. The van der Waals surface area contributed by atoms with Gasteiger partial charge in [0.1, 0.15) is 6.61 Å². The van der Waals surface area contributed by atoms with Crippen molar-refractivity contribution >= 4 is 40.2 Å². The number of hydrogen-bond acceptors (Lipinski definition) is 2. The van der Waals surface area contributed by atoms with Crippen LogP contribution in [0.3, 0.4) is 0 Å². The second-order valence-electron chi connectivity index (χ2n) is 2.49. The summed E-state index contributed by atoms with van der Waals surface area (Å²) in [5, 5.41) is 0.581. The molecule has 0 fully saturated rings. The lowest BCUT2D eigenvalue weighted by Gasteiger charge is -1.97. The maximum absolute atomic E-state index is 11.1.